The van der Waals surface area contributed by atoms with Gasteiger partial charge in [-0.3, -0.25) is 0 Å². The van der Waals surface area contributed by atoms with Crippen LogP contribution in [-0.4, -0.2) is 14.8 Å². The lowest BCUT2D eigenvalue weighted by Gasteiger charge is -2.51. The van der Waals surface area contributed by atoms with Gasteiger partial charge in [-0.25, -0.2) is 0 Å². The third-order valence-electron chi connectivity index (χ3n) is 15.4. The predicted octanol–water partition coefficient (Wildman–Crippen LogP) is 14.2. The number of hydrogen-bond donors (Lipinski definition) is 0. The van der Waals surface area contributed by atoms with Crippen molar-refractivity contribution in [2.24, 2.45) is 0 Å². The van der Waals surface area contributed by atoms with Gasteiger partial charge >= 0.3 is 12.4 Å². The zero-order chi connectivity index (χ0) is 50.7. The summed E-state index contributed by atoms with van der Waals surface area (Å²) < 4.78 is 85.2. The molecule has 0 N–H and O–H groups in total. The normalized spacial score (nSPS) is 14.0. The summed E-state index contributed by atoms with van der Waals surface area (Å²) in [5, 5.41) is 3.79. The maximum Gasteiger partial charge on any atom is 0.416 e. The largest absolute Gasteiger partial charge is 0.416 e. The molecular weight excluding hydrogens is 950 g/mol. The fourth-order valence-electron chi connectivity index (χ4n) is 12.2. The summed E-state index contributed by atoms with van der Waals surface area (Å²) in [6, 6.07) is 71.9. The van der Waals surface area contributed by atoms with Crippen LogP contribution in [0.2, 0.25) is 6.55 Å². The number of nitrogens with zero attached hydrogens (tertiary/aromatic N) is 2. The van der Waals surface area contributed by atoms with Crippen molar-refractivity contribution in [2.45, 2.75) is 25.8 Å². The first-order valence-corrected chi connectivity index (χ1v) is 27.1. The van der Waals surface area contributed by atoms with Crippen molar-refractivity contribution >= 4 is 80.9 Å². The summed E-state index contributed by atoms with van der Waals surface area (Å²) >= 11 is 0. The highest BCUT2D eigenvalue weighted by molar-refractivity contribution is 7.21. The average Bonchev–Trinajstić information content (AvgIpc) is 3.42. The Labute approximate surface area is 426 Å². The second-order valence-corrected chi connectivity index (χ2v) is 23.5. The van der Waals surface area contributed by atoms with Crippen LogP contribution in [0.4, 0.5) is 60.5 Å². The Morgan fingerprint density at radius 1 is 0.365 bits per heavy atom. The Kier molecular flexibility index (Phi) is 10.4. The molecule has 0 spiro atoms. The van der Waals surface area contributed by atoms with Crippen LogP contribution in [0.1, 0.15) is 16.7 Å². The lowest BCUT2D eigenvalue weighted by Crippen LogP contribution is -2.83. The Balaban J connectivity index is 1.18. The second-order valence-electron chi connectivity index (χ2n) is 19.6. The van der Waals surface area contributed by atoms with Gasteiger partial charge in [0.15, 0.2) is 0 Å². The molecule has 0 atom stereocenters. The van der Waals surface area contributed by atoms with Crippen LogP contribution in [0.3, 0.4) is 0 Å². The summed E-state index contributed by atoms with van der Waals surface area (Å²) in [5.41, 5.74) is 14.9. The molecule has 0 radical (unpaired) electrons. The van der Waals surface area contributed by atoms with Crippen molar-refractivity contribution in [3.63, 3.8) is 0 Å². The van der Waals surface area contributed by atoms with Gasteiger partial charge in [-0.05, 0) is 105 Å². The maximum absolute atomic E-state index is 14.2. The van der Waals surface area contributed by atoms with Crippen LogP contribution in [0, 0.1) is 6.92 Å². The molecule has 0 aromatic heterocycles. The van der Waals surface area contributed by atoms with E-state index in [1.54, 1.807) is 24.3 Å². The first kappa shape index (κ1) is 45.5. The van der Waals surface area contributed by atoms with Gasteiger partial charge in [-0.15, -0.1) is 0 Å². The number of hydrogen-bond acceptors (Lipinski definition) is 2. The van der Waals surface area contributed by atoms with Gasteiger partial charge in [0, 0.05) is 45.0 Å². The molecule has 0 bridgehead atoms. The zero-order valence-corrected chi connectivity index (χ0v) is 41.1. The van der Waals surface area contributed by atoms with E-state index in [0.29, 0.717) is 11.1 Å². The number of para-hydroxylation sites is 2. The first-order valence-electron chi connectivity index (χ1n) is 24.6. The van der Waals surface area contributed by atoms with E-state index in [1.807, 2.05) is 60.7 Å². The van der Waals surface area contributed by atoms with Crippen molar-refractivity contribution in [2.75, 3.05) is 9.80 Å². The SMILES string of the molecule is Cc1cc2c3c(c1)N(c1c(-c4ccccc4)cccc1-c1ccc(C(F)(F)F)cc1)c1cccc4c1B3c1c(cccc1[Si]4(C)c1ccccc1)N2c1c(-c2ccccc2)cccc1-c1ccc(C(F)(F)F)cc1. The second kappa shape index (κ2) is 16.9. The number of halogens is 6. The number of alkyl halides is 6. The fraction of sp³-hybridized carbons (Fsp3) is 0.0625. The van der Waals surface area contributed by atoms with Gasteiger partial charge in [0.2, 0.25) is 0 Å². The van der Waals surface area contributed by atoms with E-state index >= 15 is 0 Å². The average molecular weight is 993 g/mol. The fourth-order valence-corrected chi connectivity index (χ4v) is 16.5. The highest BCUT2D eigenvalue weighted by Gasteiger charge is 2.54. The maximum atomic E-state index is 14.2. The summed E-state index contributed by atoms with van der Waals surface area (Å²) in [4.78, 5) is 4.74. The quantitative estimate of drug-likeness (QED) is 0.116. The van der Waals surface area contributed by atoms with Gasteiger partial charge in [0.1, 0.15) is 8.07 Å². The van der Waals surface area contributed by atoms with Crippen molar-refractivity contribution in [3.05, 3.63) is 241 Å². The molecule has 0 saturated heterocycles. The standard InChI is InChI=1S/C64H43BF6N2Si/c1-40-38-54-58-55(39-40)73(62-49(42-18-8-4-9-19-42)23-13-25-51(62)44-32-36-46(37-33-44)64(69,70)71)53-27-15-29-57-60(53)65(58)59-52(26-14-28-56(59)74(57,2)47-20-10-5-11-21-47)72(54)61-48(41-16-6-3-7-17-41)22-12-24-50(61)43-30-34-45(35-31-43)63(66,67)68/h3-39H,1-2H3. The first-order chi connectivity index (χ1) is 35.8. The number of aryl methyl sites for hydroxylation is 1. The van der Waals surface area contributed by atoms with Crippen LogP contribution in [0.15, 0.2) is 224 Å². The minimum atomic E-state index is -4.51. The molecule has 10 aromatic rings. The van der Waals surface area contributed by atoms with E-state index in [9.17, 15) is 26.3 Å². The smallest absolute Gasteiger partial charge is 0.310 e. The minimum Gasteiger partial charge on any atom is -0.310 e. The molecule has 0 unspecified atom stereocenters. The minimum absolute atomic E-state index is 0.244. The number of anilines is 6. The van der Waals surface area contributed by atoms with Crippen molar-refractivity contribution in [1.82, 2.24) is 0 Å². The summed E-state index contributed by atoms with van der Waals surface area (Å²) in [6.07, 6.45) is -9.03. The van der Waals surface area contributed by atoms with Crippen LogP contribution in [0.5, 0.6) is 0 Å². The van der Waals surface area contributed by atoms with Gasteiger partial charge in [-0.1, -0.05) is 193 Å². The Morgan fingerprint density at radius 2 is 0.716 bits per heavy atom. The third-order valence-corrected chi connectivity index (χ3v) is 20.0. The predicted molar refractivity (Wildman–Crippen MR) is 294 cm³/mol. The summed E-state index contributed by atoms with van der Waals surface area (Å²) in [7, 11) is -2.93. The van der Waals surface area contributed by atoms with Gasteiger partial charge in [-0.2, -0.15) is 26.3 Å². The molecule has 10 heteroatoms. The molecule has 3 aliphatic heterocycles. The Morgan fingerprint density at radius 3 is 1.09 bits per heavy atom. The van der Waals surface area contributed by atoms with E-state index in [4.69, 9.17) is 0 Å². The van der Waals surface area contributed by atoms with E-state index in [-0.39, 0.29) is 6.71 Å². The molecule has 3 heterocycles. The number of benzene rings is 10. The van der Waals surface area contributed by atoms with E-state index in [2.05, 4.69) is 139 Å². The Hall–Kier alpha value is -8.34. The van der Waals surface area contributed by atoms with Crippen LogP contribution in [0.25, 0.3) is 44.5 Å². The van der Waals surface area contributed by atoms with Gasteiger partial charge in [0.25, 0.3) is 6.71 Å². The topological polar surface area (TPSA) is 6.48 Å². The van der Waals surface area contributed by atoms with Gasteiger partial charge < -0.3 is 9.80 Å². The van der Waals surface area contributed by atoms with E-state index < -0.39 is 31.6 Å². The van der Waals surface area contributed by atoms with Crippen LogP contribution < -0.4 is 41.7 Å². The molecule has 0 saturated carbocycles. The molecule has 358 valence electrons. The highest BCUT2D eigenvalue weighted by atomic mass is 28.3. The molecule has 3 aliphatic rings. The number of rotatable bonds is 7. The molecule has 0 aliphatic carbocycles. The monoisotopic (exact) mass is 992 g/mol. The van der Waals surface area contributed by atoms with Gasteiger partial charge in [0.05, 0.1) is 22.5 Å². The van der Waals surface area contributed by atoms with E-state index in [0.717, 1.165) is 103 Å². The van der Waals surface area contributed by atoms with Crippen molar-refractivity contribution < 1.29 is 26.3 Å². The molecule has 2 nitrogen and oxygen atoms in total. The molecule has 13 rings (SSSR count). The Bertz CT molecular complexity index is 3620. The van der Waals surface area contributed by atoms with Crippen LogP contribution >= 0.6 is 0 Å². The molecule has 0 fully saturated rings. The summed E-state index contributed by atoms with van der Waals surface area (Å²) in [5.74, 6) is 0. The summed E-state index contributed by atoms with van der Waals surface area (Å²) in [6.45, 7) is 4.28. The van der Waals surface area contributed by atoms with E-state index in [1.165, 1.54) is 26.5 Å². The lowest BCUT2D eigenvalue weighted by molar-refractivity contribution is -0.138. The lowest BCUT2D eigenvalue weighted by atomic mass is 9.33. The molecule has 0 amide bonds. The van der Waals surface area contributed by atoms with Crippen LogP contribution in [-0.2, 0) is 12.4 Å². The highest BCUT2D eigenvalue weighted by Crippen LogP contribution is 2.53. The van der Waals surface area contributed by atoms with Crippen molar-refractivity contribution in [1.29, 1.82) is 0 Å². The zero-order valence-electron chi connectivity index (χ0n) is 40.1. The molecule has 10 aromatic carbocycles. The third kappa shape index (κ3) is 6.95. The van der Waals surface area contributed by atoms with Crippen molar-refractivity contribution in [3.8, 4) is 44.5 Å². The molecule has 74 heavy (non-hydrogen) atoms. The molecular formula is C64H43BF6N2Si.